The van der Waals surface area contributed by atoms with Gasteiger partial charge in [0.1, 0.15) is 5.25 Å². The number of hydrogen-bond acceptors (Lipinski definition) is 6. The maximum absolute atomic E-state index is 13.6. The van der Waals surface area contributed by atoms with E-state index < -0.39 is 17.3 Å². The fourth-order valence-electron chi connectivity index (χ4n) is 4.61. The number of anilines is 2. The van der Waals surface area contributed by atoms with E-state index in [0.717, 1.165) is 40.0 Å². The first-order valence-corrected chi connectivity index (χ1v) is 12.2. The van der Waals surface area contributed by atoms with Crippen LogP contribution in [0.4, 0.5) is 16.2 Å². The van der Waals surface area contributed by atoms with Gasteiger partial charge in [0.2, 0.25) is 0 Å². The smallest absolute Gasteiger partial charge is 0.329 e. The van der Waals surface area contributed by atoms with E-state index in [-0.39, 0.29) is 12.0 Å². The highest BCUT2D eigenvalue weighted by atomic mass is 35.5. The molecule has 34 heavy (non-hydrogen) atoms. The third-order valence-electron chi connectivity index (χ3n) is 6.52. The summed E-state index contributed by atoms with van der Waals surface area (Å²) in [6, 6.07) is 12.7. The number of methoxy groups -OCH3 is 1. The zero-order valence-corrected chi connectivity index (χ0v) is 19.8. The van der Waals surface area contributed by atoms with Gasteiger partial charge in [0.25, 0.3) is 5.91 Å². The van der Waals surface area contributed by atoms with Gasteiger partial charge in [0.15, 0.2) is 0 Å². The molecule has 0 spiro atoms. The molecule has 2 unspecified atom stereocenters. The number of pyridine rings is 1. The number of halogens is 1. The number of amides is 3. The topological polar surface area (TPSA) is 74.8 Å². The largest absolute Gasteiger partial charge is 0.378 e. The van der Waals surface area contributed by atoms with Crippen LogP contribution in [0.5, 0.6) is 0 Å². The molecule has 4 heterocycles. The zero-order chi connectivity index (χ0) is 23.4. The highest BCUT2D eigenvalue weighted by Gasteiger charge is 2.46. The molecule has 172 valence electrons. The molecule has 3 aromatic rings. The lowest BCUT2D eigenvalue weighted by Crippen LogP contribution is -2.60. The van der Waals surface area contributed by atoms with Crippen LogP contribution in [0.3, 0.4) is 0 Å². The summed E-state index contributed by atoms with van der Waals surface area (Å²) in [6.07, 6.45) is 5.46. The molecule has 2 atom stereocenters. The molecule has 2 fully saturated rings. The number of imide groups is 1. The summed E-state index contributed by atoms with van der Waals surface area (Å²) in [5.41, 5.74) is 2.36. The van der Waals surface area contributed by atoms with E-state index in [1.165, 1.54) is 16.7 Å². The molecule has 2 aromatic carbocycles. The van der Waals surface area contributed by atoms with Crippen molar-refractivity contribution < 1.29 is 14.3 Å². The Labute approximate surface area is 205 Å². The maximum Gasteiger partial charge on any atom is 0.329 e. The number of urea groups is 1. The lowest BCUT2D eigenvalue weighted by Gasteiger charge is -2.40. The van der Waals surface area contributed by atoms with Crippen molar-refractivity contribution in [3.63, 3.8) is 0 Å². The van der Waals surface area contributed by atoms with Gasteiger partial charge in [-0.25, -0.2) is 9.69 Å². The molecule has 0 saturated carbocycles. The molecule has 3 aliphatic heterocycles. The fourth-order valence-corrected chi connectivity index (χ4v) is 6.20. The Morgan fingerprint density at radius 3 is 2.76 bits per heavy atom. The van der Waals surface area contributed by atoms with E-state index in [9.17, 15) is 9.59 Å². The van der Waals surface area contributed by atoms with E-state index in [1.54, 1.807) is 19.5 Å². The normalized spacial score (nSPS) is 22.5. The van der Waals surface area contributed by atoms with Gasteiger partial charge >= 0.3 is 6.03 Å². The highest BCUT2D eigenvalue weighted by molar-refractivity contribution is 8.09. The predicted molar refractivity (Wildman–Crippen MR) is 135 cm³/mol. The van der Waals surface area contributed by atoms with Gasteiger partial charge in [-0.1, -0.05) is 35.9 Å². The van der Waals surface area contributed by atoms with Crippen molar-refractivity contribution in [1.82, 2.24) is 10.3 Å². The molecule has 1 aromatic heterocycles. The van der Waals surface area contributed by atoms with Crippen molar-refractivity contribution in [3.8, 4) is 0 Å². The second-order valence-corrected chi connectivity index (χ2v) is 10.1. The van der Waals surface area contributed by atoms with Crippen LogP contribution in [0.1, 0.15) is 5.56 Å². The van der Waals surface area contributed by atoms with Crippen molar-refractivity contribution in [1.29, 1.82) is 0 Å². The molecule has 7 nitrogen and oxygen atoms in total. The van der Waals surface area contributed by atoms with Crippen LogP contribution in [-0.2, 0) is 9.53 Å². The molecule has 0 radical (unpaired) electrons. The Morgan fingerprint density at radius 2 is 1.97 bits per heavy atom. The van der Waals surface area contributed by atoms with Crippen LogP contribution in [0, 0.1) is 0 Å². The van der Waals surface area contributed by atoms with Gasteiger partial charge in [0.05, 0.1) is 24.0 Å². The molecule has 0 bridgehead atoms. The number of carbonyl (C=O) groups is 2. The Balaban J connectivity index is 1.33. The number of hydrogen-bond donors (Lipinski definition) is 1. The quantitative estimate of drug-likeness (QED) is 0.585. The maximum atomic E-state index is 13.6. The molecule has 0 aliphatic carbocycles. The third kappa shape index (κ3) is 3.45. The molecule has 2 saturated heterocycles. The molecular weight excluding hydrogens is 472 g/mol. The number of ether oxygens (including phenoxy) is 1. The molecule has 3 amide bonds. The minimum atomic E-state index is -0.472. The van der Waals surface area contributed by atoms with Crippen LogP contribution in [-0.4, -0.2) is 54.5 Å². The first-order valence-electron chi connectivity index (χ1n) is 11.0. The number of nitrogens with one attached hydrogen (secondary N) is 1. The summed E-state index contributed by atoms with van der Waals surface area (Å²) < 4.78 is 5.39. The molecular formula is C25H21ClN4O3S. The van der Waals surface area contributed by atoms with E-state index in [0.29, 0.717) is 10.7 Å². The Kier molecular flexibility index (Phi) is 5.24. The van der Waals surface area contributed by atoms with Crippen LogP contribution in [0.25, 0.3) is 15.7 Å². The fraction of sp³-hybridized carbons (Fsp3) is 0.240. The summed E-state index contributed by atoms with van der Waals surface area (Å²) >= 11 is 7.80. The number of rotatable bonds is 4. The number of aromatic nitrogens is 1. The lowest BCUT2D eigenvalue weighted by atomic mass is 10.0. The van der Waals surface area contributed by atoms with Crippen molar-refractivity contribution in [3.05, 3.63) is 71.5 Å². The summed E-state index contributed by atoms with van der Waals surface area (Å²) in [7, 11) is 1.72. The van der Waals surface area contributed by atoms with E-state index >= 15 is 0 Å². The first-order chi connectivity index (χ1) is 16.5. The van der Waals surface area contributed by atoms with Crippen molar-refractivity contribution in [2.45, 2.75) is 17.4 Å². The highest BCUT2D eigenvalue weighted by Crippen LogP contribution is 2.44. The summed E-state index contributed by atoms with van der Waals surface area (Å²) in [6.45, 7) is 1.62. The predicted octanol–water partition coefficient (Wildman–Crippen LogP) is 4.30. The monoisotopic (exact) mass is 492 g/mol. The van der Waals surface area contributed by atoms with Crippen LogP contribution in [0.2, 0.25) is 5.02 Å². The lowest BCUT2D eigenvalue weighted by molar-refractivity contribution is -0.118. The van der Waals surface area contributed by atoms with Gasteiger partial charge < -0.3 is 15.0 Å². The number of benzene rings is 2. The summed E-state index contributed by atoms with van der Waals surface area (Å²) in [5, 5.41) is 4.79. The summed E-state index contributed by atoms with van der Waals surface area (Å²) in [5.74, 6) is -0.264. The number of carbonyl (C=O) groups excluding carboxylic acids is 2. The molecule has 9 heteroatoms. The molecule has 6 rings (SSSR count). The van der Waals surface area contributed by atoms with Crippen LogP contribution < -0.4 is 15.1 Å². The van der Waals surface area contributed by atoms with Gasteiger partial charge in [0, 0.05) is 58.3 Å². The second-order valence-electron chi connectivity index (χ2n) is 8.52. The molecule has 3 aliphatic rings. The Morgan fingerprint density at radius 1 is 1.15 bits per heavy atom. The average molecular weight is 493 g/mol. The van der Waals surface area contributed by atoms with E-state index in [1.807, 2.05) is 48.5 Å². The van der Waals surface area contributed by atoms with Crippen LogP contribution in [0.15, 0.2) is 60.9 Å². The third-order valence-corrected chi connectivity index (χ3v) is 8.21. The van der Waals surface area contributed by atoms with Gasteiger partial charge in [-0.15, -0.1) is 11.8 Å². The van der Waals surface area contributed by atoms with Gasteiger partial charge in [-0.3, -0.25) is 9.78 Å². The van der Waals surface area contributed by atoms with E-state index in [4.69, 9.17) is 16.3 Å². The minimum absolute atomic E-state index is 0.221. The first kappa shape index (κ1) is 21.5. The minimum Gasteiger partial charge on any atom is -0.378 e. The zero-order valence-electron chi connectivity index (χ0n) is 18.3. The molecule has 1 N–H and O–H groups in total. The standard InChI is InChI=1S/C25H21ClN4O3S/c1-33-16-12-29(13-16)15-7-6-14-10-27-11-21(18(14)8-15)30-24(31)23-20(28-25(30)32)9-22(34-23)17-4-2-3-5-19(17)26/h2-11,16,20,23H,12-13H2,1H3,(H,28,32). The van der Waals surface area contributed by atoms with E-state index in [2.05, 4.69) is 15.2 Å². The van der Waals surface area contributed by atoms with Crippen LogP contribution >= 0.6 is 23.4 Å². The number of fused-ring (bicyclic) bond motifs is 2. The van der Waals surface area contributed by atoms with Crippen molar-refractivity contribution in [2.75, 3.05) is 30.0 Å². The van der Waals surface area contributed by atoms with Crippen molar-refractivity contribution in [2.24, 2.45) is 0 Å². The Hall–Kier alpha value is -3.07. The van der Waals surface area contributed by atoms with Gasteiger partial charge in [-0.2, -0.15) is 0 Å². The SMILES string of the molecule is COC1CN(c2ccc3cncc(N4C(=O)NC5C=C(c6ccccc6Cl)SC5C4=O)c3c2)C1. The Bertz CT molecular complexity index is 1360. The average Bonchev–Trinajstić information content (AvgIpc) is 3.23. The number of nitrogens with zero attached hydrogens (tertiary/aromatic N) is 3. The second kappa shape index (κ2) is 8.30. The summed E-state index contributed by atoms with van der Waals surface area (Å²) in [4.78, 5) is 35.4. The van der Waals surface area contributed by atoms with Crippen molar-refractivity contribution >= 4 is 62.4 Å². The van der Waals surface area contributed by atoms with Gasteiger partial charge in [-0.05, 0) is 24.3 Å². The number of thioether (sulfide) groups is 1.